The number of unbranched alkanes of at least 4 members (excludes halogenated alkanes) is 1. The van der Waals surface area contributed by atoms with Gasteiger partial charge >= 0.3 is 0 Å². The van der Waals surface area contributed by atoms with Gasteiger partial charge in [0.2, 0.25) is 0 Å². The summed E-state index contributed by atoms with van der Waals surface area (Å²) in [6.45, 7) is 5.65. The lowest BCUT2D eigenvalue weighted by molar-refractivity contribution is 0.460. The minimum Gasteiger partial charge on any atom is -0.314 e. The Bertz CT molecular complexity index is 79.9. The SMILES string of the molecule is CCCCNC(CCC)CCS. The molecule has 0 saturated carbocycles. The van der Waals surface area contributed by atoms with E-state index < -0.39 is 0 Å². The third kappa shape index (κ3) is 6.99. The van der Waals surface area contributed by atoms with Crippen LogP contribution in [0.3, 0.4) is 0 Å². The van der Waals surface area contributed by atoms with Crippen molar-refractivity contribution >= 4 is 12.6 Å². The number of thiol groups is 1. The molecule has 1 nitrogen and oxygen atoms in total. The minimum absolute atomic E-state index is 0.707. The molecule has 74 valence electrons. The maximum atomic E-state index is 4.26. The van der Waals surface area contributed by atoms with E-state index in [1.165, 1.54) is 38.6 Å². The molecule has 1 unspecified atom stereocenters. The Morgan fingerprint density at radius 3 is 2.42 bits per heavy atom. The van der Waals surface area contributed by atoms with Crippen LogP contribution in [0.5, 0.6) is 0 Å². The Balaban J connectivity index is 3.34. The van der Waals surface area contributed by atoms with Crippen molar-refractivity contribution in [1.29, 1.82) is 0 Å². The van der Waals surface area contributed by atoms with Gasteiger partial charge in [0, 0.05) is 6.04 Å². The fraction of sp³-hybridized carbons (Fsp3) is 1.00. The van der Waals surface area contributed by atoms with E-state index in [2.05, 4.69) is 31.8 Å². The molecule has 0 bridgehead atoms. The molecule has 0 fully saturated rings. The molecule has 0 spiro atoms. The Labute approximate surface area is 82.7 Å². The van der Waals surface area contributed by atoms with E-state index in [-0.39, 0.29) is 0 Å². The van der Waals surface area contributed by atoms with E-state index in [1.807, 2.05) is 0 Å². The monoisotopic (exact) mass is 189 g/mol. The maximum Gasteiger partial charge on any atom is 0.00747 e. The zero-order valence-electron chi connectivity index (χ0n) is 8.47. The second-order valence-corrected chi connectivity index (χ2v) is 3.75. The average molecular weight is 189 g/mol. The third-order valence-electron chi connectivity index (χ3n) is 2.08. The van der Waals surface area contributed by atoms with Crippen LogP contribution in [0, 0.1) is 0 Å². The van der Waals surface area contributed by atoms with E-state index in [9.17, 15) is 0 Å². The molecular formula is C10H23NS. The van der Waals surface area contributed by atoms with Crippen LogP contribution in [0.25, 0.3) is 0 Å². The van der Waals surface area contributed by atoms with Gasteiger partial charge in [-0.3, -0.25) is 0 Å². The second kappa shape index (κ2) is 9.40. The Morgan fingerprint density at radius 1 is 1.17 bits per heavy atom. The first kappa shape index (κ1) is 12.3. The molecule has 12 heavy (non-hydrogen) atoms. The summed E-state index contributed by atoms with van der Waals surface area (Å²) in [5.41, 5.74) is 0. The summed E-state index contributed by atoms with van der Waals surface area (Å²) in [5.74, 6) is 1.00. The largest absolute Gasteiger partial charge is 0.314 e. The molecule has 1 N–H and O–H groups in total. The van der Waals surface area contributed by atoms with Crippen LogP contribution in [-0.4, -0.2) is 18.3 Å². The van der Waals surface area contributed by atoms with Crippen molar-refractivity contribution in [2.24, 2.45) is 0 Å². The van der Waals surface area contributed by atoms with Crippen LogP contribution in [0.2, 0.25) is 0 Å². The molecule has 0 heterocycles. The first-order valence-corrected chi connectivity index (χ1v) is 5.82. The summed E-state index contributed by atoms with van der Waals surface area (Å²) in [4.78, 5) is 0. The molecular weight excluding hydrogens is 166 g/mol. The van der Waals surface area contributed by atoms with Crippen LogP contribution < -0.4 is 5.32 Å². The van der Waals surface area contributed by atoms with Gasteiger partial charge < -0.3 is 5.32 Å². The lowest BCUT2D eigenvalue weighted by Crippen LogP contribution is -2.30. The molecule has 2 heteroatoms. The van der Waals surface area contributed by atoms with Crippen LogP contribution in [-0.2, 0) is 0 Å². The molecule has 0 radical (unpaired) electrons. The van der Waals surface area contributed by atoms with Gasteiger partial charge in [0.05, 0.1) is 0 Å². The highest BCUT2D eigenvalue weighted by atomic mass is 32.1. The fourth-order valence-corrected chi connectivity index (χ4v) is 1.65. The van der Waals surface area contributed by atoms with Gasteiger partial charge in [0.25, 0.3) is 0 Å². The highest BCUT2D eigenvalue weighted by Crippen LogP contribution is 2.02. The van der Waals surface area contributed by atoms with Crippen molar-refractivity contribution in [1.82, 2.24) is 5.32 Å². The normalized spacial score (nSPS) is 13.2. The Kier molecular flexibility index (Phi) is 9.64. The topological polar surface area (TPSA) is 12.0 Å². The number of rotatable bonds is 8. The van der Waals surface area contributed by atoms with Crippen molar-refractivity contribution in [2.45, 2.75) is 52.0 Å². The van der Waals surface area contributed by atoms with Crippen LogP contribution in [0.15, 0.2) is 0 Å². The van der Waals surface area contributed by atoms with Gasteiger partial charge in [0.15, 0.2) is 0 Å². The first-order valence-electron chi connectivity index (χ1n) is 5.19. The summed E-state index contributed by atoms with van der Waals surface area (Å²) in [6, 6.07) is 0.707. The molecule has 0 rings (SSSR count). The molecule has 0 aliphatic rings. The molecule has 0 aliphatic carbocycles. The predicted octanol–water partition coefficient (Wildman–Crippen LogP) is 2.86. The van der Waals surface area contributed by atoms with Crippen LogP contribution in [0.1, 0.15) is 46.0 Å². The molecule has 0 saturated heterocycles. The van der Waals surface area contributed by atoms with Gasteiger partial charge in [-0.05, 0) is 31.6 Å². The van der Waals surface area contributed by atoms with Crippen molar-refractivity contribution in [3.8, 4) is 0 Å². The van der Waals surface area contributed by atoms with Crippen molar-refractivity contribution in [2.75, 3.05) is 12.3 Å². The quantitative estimate of drug-likeness (QED) is 0.442. The van der Waals surface area contributed by atoms with Crippen molar-refractivity contribution < 1.29 is 0 Å². The molecule has 0 amide bonds. The lowest BCUT2D eigenvalue weighted by atomic mass is 10.1. The van der Waals surface area contributed by atoms with E-state index in [1.54, 1.807) is 0 Å². The number of hydrogen-bond donors (Lipinski definition) is 2. The summed E-state index contributed by atoms with van der Waals surface area (Å²) < 4.78 is 0. The first-order chi connectivity index (χ1) is 5.85. The average Bonchev–Trinajstić information content (AvgIpc) is 2.06. The van der Waals surface area contributed by atoms with Gasteiger partial charge in [-0.1, -0.05) is 26.7 Å². The Morgan fingerprint density at radius 2 is 1.92 bits per heavy atom. The molecule has 0 aromatic rings. The summed E-state index contributed by atoms with van der Waals surface area (Å²) in [6.07, 6.45) is 6.36. The molecule has 0 aromatic heterocycles. The zero-order valence-corrected chi connectivity index (χ0v) is 9.37. The Hall–Kier alpha value is 0.310. The highest BCUT2D eigenvalue weighted by Gasteiger charge is 2.03. The fourth-order valence-electron chi connectivity index (χ4n) is 1.34. The summed E-state index contributed by atoms with van der Waals surface area (Å²) >= 11 is 4.26. The minimum atomic E-state index is 0.707. The van der Waals surface area contributed by atoms with Crippen LogP contribution >= 0.6 is 12.6 Å². The highest BCUT2D eigenvalue weighted by molar-refractivity contribution is 7.80. The van der Waals surface area contributed by atoms with E-state index in [4.69, 9.17) is 0 Å². The van der Waals surface area contributed by atoms with Gasteiger partial charge in [-0.25, -0.2) is 0 Å². The van der Waals surface area contributed by atoms with Gasteiger partial charge in [0.1, 0.15) is 0 Å². The summed E-state index contributed by atoms with van der Waals surface area (Å²) in [5, 5.41) is 3.57. The van der Waals surface area contributed by atoms with Crippen molar-refractivity contribution in [3.05, 3.63) is 0 Å². The van der Waals surface area contributed by atoms with Gasteiger partial charge in [-0.15, -0.1) is 0 Å². The standard InChI is InChI=1S/C10H23NS/c1-3-5-8-11-10(6-4-2)7-9-12/h10-12H,3-9H2,1-2H3. The number of nitrogens with one attached hydrogen (secondary N) is 1. The lowest BCUT2D eigenvalue weighted by Gasteiger charge is -2.16. The van der Waals surface area contributed by atoms with E-state index in [0.717, 1.165) is 5.75 Å². The molecule has 1 atom stereocenters. The van der Waals surface area contributed by atoms with E-state index >= 15 is 0 Å². The zero-order chi connectivity index (χ0) is 9.23. The predicted molar refractivity (Wildman–Crippen MR) is 60.1 cm³/mol. The van der Waals surface area contributed by atoms with Crippen molar-refractivity contribution in [3.63, 3.8) is 0 Å². The van der Waals surface area contributed by atoms with E-state index in [0.29, 0.717) is 6.04 Å². The van der Waals surface area contributed by atoms with Crippen LogP contribution in [0.4, 0.5) is 0 Å². The summed E-state index contributed by atoms with van der Waals surface area (Å²) in [7, 11) is 0. The second-order valence-electron chi connectivity index (χ2n) is 3.31. The number of hydrogen-bond acceptors (Lipinski definition) is 2. The third-order valence-corrected chi connectivity index (χ3v) is 2.34. The maximum absolute atomic E-state index is 4.26. The molecule has 0 aromatic carbocycles. The smallest absolute Gasteiger partial charge is 0.00747 e. The van der Waals surface area contributed by atoms with Gasteiger partial charge in [-0.2, -0.15) is 12.6 Å². The molecule has 0 aliphatic heterocycles.